The fourth-order valence-corrected chi connectivity index (χ4v) is 5.57. The van der Waals surface area contributed by atoms with Crippen molar-refractivity contribution in [3.05, 3.63) is 65.2 Å². The lowest BCUT2D eigenvalue weighted by molar-refractivity contribution is -0.157. The second kappa shape index (κ2) is 7.85. The average molecular weight is 422 g/mol. The van der Waals surface area contributed by atoms with Crippen molar-refractivity contribution in [2.75, 3.05) is 0 Å². The quantitative estimate of drug-likeness (QED) is 0.757. The first-order valence-electron chi connectivity index (χ1n) is 9.12. The number of carbonyl (C=O) groups is 1. The highest BCUT2D eigenvalue weighted by Crippen LogP contribution is 2.38. The Bertz CT molecular complexity index is 954. The van der Waals surface area contributed by atoms with Crippen LogP contribution >= 0.6 is 11.6 Å². The second-order valence-electron chi connectivity index (χ2n) is 7.88. The molecular weight excluding hydrogens is 398 g/mol. The summed E-state index contributed by atoms with van der Waals surface area (Å²) in [5.74, 6) is -0.463. The van der Waals surface area contributed by atoms with E-state index in [1.165, 1.54) is 0 Å². The molecule has 0 amide bonds. The van der Waals surface area contributed by atoms with Crippen molar-refractivity contribution in [3.63, 3.8) is 0 Å². The standard InChI is InChI=1S/C21H24ClNO4S/c1-21(2,3)27-20(24)17-13-18(28(25,26)14-9-5-4-6-10-14)19(23-17)15-11-7-8-12-16(15)22/h4-12,17-19,23H,13H2,1-3H3. The van der Waals surface area contributed by atoms with Gasteiger partial charge < -0.3 is 4.74 Å². The fourth-order valence-electron chi connectivity index (χ4n) is 3.41. The zero-order valence-corrected chi connectivity index (χ0v) is 17.6. The molecule has 150 valence electrons. The Balaban J connectivity index is 2.00. The summed E-state index contributed by atoms with van der Waals surface area (Å²) in [5, 5.41) is 2.77. The van der Waals surface area contributed by atoms with Gasteiger partial charge in [-0.05, 0) is 51.0 Å². The molecule has 1 fully saturated rings. The summed E-state index contributed by atoms with van der Waals surface area (Å²) in [7, 11) is -3.69. The minimum absolute atomic E-state index is 0.113. The van der Waals surface area contributed by atoms with E-state index in [9.17, 15) is 13.2 Å². The first-order chi connectivity index (χ1) is 13.1. The number of sulfone groups is 1. The van der Waals surface area contributed by atoms with Crippen LogP contribution in [0, 0.1) is 0 Å². The van der Waals surface area contributed by atoms with Gasteiger partial charge in [-0.15, -0.1) is 0 Å². The fraction of sp³-hybridized carbons (Fsp3) is 0.381. The van der Waals surface area contributed by atoms with Crippen LogP contribution in [0.4, 0.5) is 0 Å². The van der Waals surface area contributed by atoms with E-state index in [1.807, 2.05) is 0 Å². The molecule has 0 aromatic heterocycles. The lowest BCUT2D eigenvalue weighted by Crippen LogP contribution is -2.38. The van der Waals surface area contributed by atoms with Gasteiger partial charge in [0.15, 0.2) is 9.84 Å². The van der Waals surface area contributed by atoms with Crippen LogP contribution in [0.2, 0.25) is 5.02 Å². The highest BCUT2D eigenvalue weighted by atomic mass is 35.5. The van der Waals surface area contributed by atoms with Crippen molar-refractivity contribution < 1.29 is 17.9 Å². The minimum atomic E-state index is -3.69. The van der Waals surface area contributed by atoms with E-state index >= 15 is 0 Å². The van der Waals surface area contributed by atoms with Gasteiger partial charge in [-0.3, -0.25) is 10.1 Å². The maximum absolute atomic E-state index is 13.3. The predicted molar refractivity (Wildman–Crippen MR) is 109 cm³/mol. The Morgan fingerprint density at radius 3 is 2.29 bits per heavy atom. The van der Waals surface area contributed by atoms with Gasteiger partial charge in [-0.1, -0.05) is 48.0 Å². The normalized spacial score (nSPS) is 22.8. The lowest BCUT2D eigenvalue weighted by atomic mass is 10.0. The SMILES string of the molecule is CC(C)(C)OC(=O)C1CC(S(=O)(=O)c2ccccc2)C(c2ccccc2Cl)N1. The van der Waals surface area contributed by atoms with Gasteiger partial charge in [0.25, 0.3) is 0 Å². The molecule has 2 aromatic rings. The number of hydrogen-bond acceptors (Lipinski definition) is 5. The van der Waals surface area contributed by atoms with Crippen LogP contribution in [-0.2, 0) is 19.4 Å². The van der Waals surface area contributed by atoms with Gasteiger partial charge in [0.2, 0.25) is 0 Å². The zero-order valence-electron chi connectivity index (χ0n) is 16.1. The van der Waals surface area contributed by atoms with Crippen molar-refractivity contribution in [3.8, 4) is 0 Å². The summed E-state index contributed by atoms with van der Waals surface area (Å²) in [4.78, 5) is 12.8. The molecule has 1 aliphatic heterocycles. The number of halogens is 1. The maximum atomic E-state index is 13.3. The summed E-state index contributed by atoms with van der Waals surface area (Å²) in [5.41, 5.74) is -0.00517. The summed E-state index contributed by atoms with van der Waals surface area (Å²) in [6, 6.07) is 14.0. The van der Waals surface area contributed by atoms with E-state index in [0.717, 1.165) is 0 Å². The molecule has 0 bridgehead atoms. The van der Waals surface area contributed by atoms with Crippen LogP contribution in [0.25, 0.3) is 0 Å². The van der Waals surface area contributed by atoms with E-state index in [2.05, 4.69) is 5.32 Å². The van der Waals surface area contributed by atoms with Gasteiger partial charge in [-0.25, -0.2) is 8.42 Å². The monoisotopic (exact) mass is 421 g/mol. The number of rotatable bonds is 4. The predicted octanol–water partition coefficient (Wildman–Crippen LogP) is 3.93. The smallest absolute Gasteiger partial charge is 0.323 e. The Morgan fingerprint density at radius 2 is 1.68 bits per heavy atom. The molecule has 3 unspecified atom stereocenters. The molecular formula is C21H24ClNO4S. The Kier molecular flexibility index (Phi) is 5.84. The Hall–Kier alpha value is -1.89. The number of carbonyl (C=O) groups excluding carboxylic acids is 1. The summed E-state index contributed by atoms with van der Waals surface area (Å²) >= 11 is 6.35. The van der Waals surface area contributed by atoms with Gasteiger partial charge in [-0.2, -0.15) is 0 Å². The number of benzene rings is 2. The third-order valence-corrected chi connectivity index (χ3v) is 7.16. The average Bonchev–Trinajstić information content (AvgIpc) is 3.08. The molecule has 7 heteroatoms. The number of nitrogens with one attached hydrogen (secondary N) is 1. The second-order valence-corrected chi connectivity index (χ2v) is 10.5. The Labute approximate surface area is 171 Å². The third kappa shape index (κ3) is 4.40. The highest BCUT2D eigenvalue weighted by molar-refractivity contribution is 7.92. The first-order valence-corrected chi connectivity index (χ1v) is 11.0. The van der Waals surface area contributed by atoms with Crippen molar-refractivity contribution >= 4 is 27.4 Å². The zero-order chi connectivity index (χ0) is 20.5. The molecule has 0 radical (unpaired) electrons. The van der Waals surface area contributed by atoms with Gasteiger partial charge in [0, 0.05) is 5.02 Å². The van der Waals surface area contributed by atoms with Crippen LogP contribution in [0.5, 0.6) is 0 Å². The molecule has 3 atom stereocenters. The molecule has 28 heavy (non-hydrogen) atoms. The first kappa shape index (κ1) is 20.8. The molecule has 1 heterocycles. The van der Waals surface area contributed by atoms with Crippen LogP contribution in [0.15, 0.2) is 59.5 Å². The van der Waals surface area contributed by atoms with Crippen LogP contribution < -0.4 is 5.32 Å². The van der Waals surface area contributed by atoms with Crippen LogP contribution in [0.3, 0.4) is 0 Å². The van der Waals surface area contributed by atoms with Crippen molar-refractivity contribution in [1.82, 2.24) is 5.32 Å². The van der Waals surface area contributed by atoms with E-state index in [4.69, 9.17) is 16.3 Å². The summed E-state index contributed by atoms with van der Waals surface area (Å²) < 4.78 is 32.2. The van der Waals surface area contributed by atoms with Crippen molar-refractivity contribution in [1.29, 1.82) is 0 Å². The van der Waals surface area contributed by atoms with Gasteiger partial charge in [0.1, 0.15) is 11.6 Å². The molecule has 1 N–H and O–H groups in total. The van der Waals surface area contributed by atoms with E-state index in [1.54, 1.807) is 75.4 Å². The third-order valence-electron chi connectivity index (χ3n) is 4.62. The summed E-state index contributed by atoms with van der Waals surface area (Å²) in [6.45, 7) is 5.34. The lowest BCUT2D eigenvalue weighted by Gasteiger charge is -2.23. The molecule has 5 nitrogen and oxygen atoms in total. The van der Waals surface area contributed by atoms with Crippen molar-refractivity contribution in [2.45, 2.75) is 55.0 Å². The maximum Gasteiger partial charge on any atom is 0.323 e. The van der Waals surface area contributed by atoms with Crippen LogP contribution in [-0.4, -0.2) is 31.3 Å². The molecule has 2 aromatic carbocycles. The number of esters is 1. The molecule has 0 aliphatic carbocycles. The van der Waals surface area contributed by atoms with E-state index < -0.39 is 38.7 Å². The molecule has 1 aliphatic rings. The minimum Gasteiger partial charge on any atom is -0.459 e. The van der Waals surface area contributed by atoms with Crippen molar-refractivity contribution in [2.24, 2.45) is 0 Å². The molecule has 1 saturated heterocycles. The molecule has 0 saturated carbocycles. The largest absolute Gasteiger partial charge is 0.459 e. The number of ether oxygens (including phenoxy) is 1. The van der Waals surface area contributed by atoms with Gasteiger partial charge >= 0.3 is 5.97 Å². The topological polar surface area (TPSA) is 72.5 Å². The van der Waals surface area contributed by atoms with Gasteiger partial charge in [0.05, 0.1) is 16.2 Å². The Morgan fingerprint density at radius 1 is 1.07 bits per heavy atom. The van der Waals surface area contributed by atoms with E-state index in [0.29, 0.717) is 10.6 Å². The van der Waals surface area contributed by atoms with Crippen LogP contribution in [0.1, 0.15) is 38.8 Å². The number of hydrogen-bond donors (Lipinski definition) is 1. The molecule has 0 spiro atoms. The summed E-state index contributed by atoms with van der Waals surface area (Å²) in [6.07, 6.45) is 0.113. The highest BCUT2D eigenvalue weighted by Gasteiger charge is 2.47. The molecule has 3 rings (SSSR count). The van der Waals surface area contributed by atoms with E-state index in [-0.39, 0.29) is 11.3 Å².